The molecule has 148 valence electrons. The number of methoxy groups -OCH3 is 1. The van der Waals surface area contributed by atoms with E-state index in [0.717, 1.165) is 28.9 Å². The summed E-state index contributed by atoms with van der Waals surface area (Å²) in [6.45, 7) is 3.91. The Hall–Kier alpha value is -3.14. The predicted molar refractivity (Wildman–Crippen MR) is 112 cm³/mol. The highest BCUT2D eigenvalue weighted by Crippen LogP contribution is 2.45. The number of benzene rings is 2. The maximum Gasteiger partial charge on any atom is 0.336 e. The minimum atomic E-state index is -0.400. The molecule has 4 nitrogen and oxygen atoms in total. The first-order valence-electron chi connectivity index (χ1n) is 9.93. The molecule has 2 aliphatic rings. The standard InChI is InChI=1S/C25H25NO3/c1-15-9-11-18(12-10-15)23-22(25(28)29-3)16(2)26-20-13-19(14-21(27)24(20)23)17-7-5-4-6-8-17/h4-12,19,23,26H,13-14H2,1-3H3/t19-,23+/m1/s1. The predicted octanol–water partition coefficient (Wildman–Crippen LogP) is 4.53. The van der Waals surface area contributed by atoms with Crippen molar-refractivity contribution in [1.29, 1.82) is 0 Å². The summed E-state index contributed by atoms with van der Waals surface area (Å²) in [7, 11) is 1.38. The van der Waals surface area contributed by atoms with Gasteiger partial charge >= 0.3 is 5.97 Å². The first-order chi connectivity index (χ1) is 14.0. The topological polar surface area (TPSA) is 55.4 Å². The zero-order valence-corrected chi connectivity index (χ0v) is 17.0. The fourth-order valence-corrected chi connectivity index (χ4v) is 4.47. The van der Waals surface area contributed by atoms with Gasteiger partial charge in [0.05, 0.1) is 12.7 Å². The number of allylic oxidation sites excluding steroid dienone is 3. The number of Topliss-reactive ketones (excluding diaryl/α,β-unsaturated/α-hetero) is 1. The summed E-state index contributed by atoms with van der Waals surface area (Å²) in [4.78, 5) is 26.0. The van der Waals surface area contributed by atoms with Gasteiger partial charge in [0.25, 0.3) is 0 Å². The fourth-order valence-electron chi connectivity index (χ4n) is 4.47. The molecule has 0 radical (unpaired) electrons. The van der Waals surface area contributed by atoms with E-state index in [1.165, 1.54) is 12.7 Å². The maximum absolute atomic E-state index is 13.4. The van der Waals surface area contributed by atoms with Crippen LogP contribution in [0, 0.1) is 6.92 Å². The molecule has 4 heteroatoms. The molecule has 0 fully saturated rings. The highest BCUT2D eigenvalue weighted by Gasteiger charge is 2.41. The molecule has 1 N–H and O–H groups in total. The zero-order chi connectivity index (χ0) is 20.5. The molecule has 1 heterocycles. The third-order valence-corrected chi connectivity index (χ3v) is 5.91. The summed E-state index contributed by atoms with van der Waals surface area (Å²) in [5, 5.41) is 3.36. The molecule has 0 unspecified atom stereocenters. The number of aryl methyl sites for hydroxylation is 1. The van der Waals surface area contributed by atoms with Crippen LogP contribution >= 0.6 is 0 Å². The number of rotatable bonds is 3. The average molecular weight is 387 g/mol. The highest BCUT2D eigenvalue weighted by molar-refractivity contribution is 6.04. The Morgan fingerprint density at radius 1 is 0.966 bits per heavy atom. The number of nitrogens with one attached hydrogen (secondary N) is 1. The first kappa shape index (κ1) is 19.2. The largest absolute Gasteiger partial charge is 0.466 e. The third kappa shape index (κ3) is 3.51. The quantitative estimate of drug-likeness (QED) is 0.786. The number of carbonyl (C=O) groups excluding carboxylic acids is 2. The molecule has 2 aromatic rings. The number of esters is 1. The van der Waals surface area contributed by atoms with E-state index in [9.17, 15) is 9.59 Å². The summed E-state index contributed by atoms with van der Waals surface area (Å²) in [5.41, 5.74) is 6.14. The van der Waals surface area contributed by atoms with E-state index >= 15 is 0 Å². The molecule has 0 aromatic heterocycles. The molecule has 4 rings (SSSR count). The number of dihydropyridines is 1. The van der Waals surface area contributed by atoms with E-state index in [4.69, 9.17) is 4.74 Å². The number of ether oxygens (including phenoxy) is 1. The molecule has 0 saturated heterocycles. The molecule has 29 heavy (non-hydrogen) atoms. The van der Waals surface area contributed by atoms with Gasteiger partial charge in [0.2, 0.25) is 0 Å². The van der Waals surface area contributed by atoms with Crippen LogP contribution in [0.25, 0.3) is 0 Å². The lowest BCUT2D eigenvalue weighted by Crippen LogP contribution is -2.36. The van der Waals surface area contributed by atoms with Crippen molar-refractivity contribution >= 4 is 11.8 Å². The van der Waals surface area contributed by atoms with Crippen LogP contribution in [0.15, 0.2) is 77.1 Å². The van der Waals surface area contributed by atoms with Crippen LogP contribution in [-0.2, 0) is 14.3 Å². The SMILES string of the molecule is COC(=O)C1=C(C)NC2=C(C(=O)C[C@H](c3ccccc3)C2)[C@H]1c1ccc(C)cc1. The summed E-state index contributed by atoms with van der Waals surface area (Å²) in [6.07, 6.45) is 1.19. The van der Waals surface area contributed by atoms with E-state index in [2.05, 4.69) is 17.4 Å². The van der Waals surface area contributed by atoms with E-state index in [-0.39, 0.29) is 11.7 Å². The van der Waals surface area contributed by atoms with Crippen molar-refractivity contribution in [3.63, 3.8) is 0 Å². The van der Waals surface area contributed by atoms with Crippen molar-refractivity contribution in [2.24, 2.45) is 0 Å². The molecular weight excluding hydrogens is 362 g/mol. The zero-order valence-electron chi connectivity index (χ0n) is 17.0. The van der Waals surface area contributed by atoms with Crippen molar-refractivity contribution in [1.82, 2.24) is 5.32 Å². The van der Waals surface area contributed by atoms with Gasteiger partial charge in [-0.2, -0.15) is 0 Å². The molecule has 0 amide bonds. The highest BCUT2D eigenvalue weighted by atomic mass is 16.5. The van der Waals surface area contributed by atoms with Crippen LogP contribution in [0.1, 0.15) is 48.3 Å². The Kier molecular flexibility index (Phi) is 5.10. The van der Waals surface area contributed by atoms with Gasteiger partial charge in [-0.3, -0.25) is 4.79 Å². The lowest BCUT2D eigenvalue weighted by Gasteiger charge is -2.36. The van der Waals surface area contributed by atoms with Gasteiger partial charge < -0.3 is 10.1 Å². The second kappa shape index (κ2) is 7.70. The van der Waals surface area contributed by atoms with Crippen molar-refractivity contribution in [2.75, 3.05) is 7.11 Å². The minimum Gasteiger partial charge on any atom is -0.466 e. The van der Waals surface area contributed by atoms with Crippen molar-refractivity contribution in [2.45, 2.75) is 38.5 Å². The molecule has 0 spiro atoms. The summed E-state index contributed by atoms with van der Waals surface area (Å²) in [5.74, 6) is -0.568. The molecule has 0 bridgehead atoms. The molecule has 0 saturated carbocycles. The number of hydrogen-bond acceptors (Lipinski definition) is 4. The van der Waals surface area contributed by atoms with Crippen molar-refractivity contribution in [3.05, 3.63) is 93.8 Å². The van der Waals surface area contributed by atoms with Crippen molar-refractivity contribution in [3.8, 4) is 0 Å². The lowest BCUT2D eigenvalue weighted by atomic mass is 9.71. The monoisotopic (exact) mass is 387 g/mol. The van der Waals surface area contributed by atoms with Gasteiger partial charge in [-0.1, -0.05) is 60.2 Å². The first-order valence-corrected chi connectivity index (χ1v) is 9.93. The minimum absolute atomic E-state index is 0.0899. The Morgan fingerprint density at radius 3 is 2.31 bits per heavy atom. The third-order valence-electron chi connectivity index (χ3n) is 5.91. The Morgan fingerprint density at radius 2 is 1.66 bits per heavy atom. The number of carbonyl (C=O) groups is 2. The van der Waals surface area contributed by atoms with E-state index in [0.29, 0.717) is 17.6 Å². The van der Waals surface area contributed by atoms with Gasteiger partial charge in [0.15, 0.2) is 5.78 Å². The summed E-state index contributed by atoms with van der Waals surface area (Å²) < 4.78 is 5.07. The van der Waals surface area contributed by atoms with Crippen LogP contribution in [0.5, 0.6) is 0 Å². The second-order valence-corrected chi connectivity index (χ2v) is 7.83. The van der Waals surface area contributed by atoms with Crippen molar-refractivity contribution < 1.29 is 14.3 Å². The molecule has 1 aliphatic heterocycles. The summed E-state index contributed by atoms with van der Waals surface area (Å²) >= 11 is 0. The fraction of sp³-hybridized carbons (Fsp3) is 0.280. The van der Waals surface area contributed by atoms with Crippen LogP contribution in [0.3, 0.4) is 0 Å². The molecule has 2 aromatic carbocycles. The van der Waals surface area contributed by atoms with E-state index in [1.54, 1.807) is 0 Å². The summed E-state index contributed by atoms with van der Waals surface area (Å²) in [6, 6.07) is 18.2. The number of hydrogen-bond donors (Lipinski definition) is 1. The maximum atomic E-state index is 13.4. The van der Waals surface area contributed by atoms with Crippen LogP contribution in [0.2, 0.25) is 0 Å². The van der Waals surface area contributed by atoms with E-state index in [1.807, 2.05) is 56.3 Å². The second-order valence-electron chi connectivity index (χ2n) is 7.83. The Balaban J connectivity index is 1.81. The average Bonchev–Trinajstić information content (AvgIpc) is 2.73. The Labute approximate surface area is 171 Å². The van der Waals surface area contributed by atoms with Crippen LogP contribution in [0.4, 0.5) is 0 Å². The molecule has 2 atom stereocenters. The molecule has 1 aliphatic carbocycles. The Bertz CT molecular complexity index is 1020. The number of ketones is 1. The van der Waals surface area contributed by atoms with Gasteiger partial charge in [-0.25, -0.2) is 4.79 Å². The normalized spacial score (nSPS) is 21.6. The van der Waals surface area contributed by atoms with E-state index < -0.39 is 11.9 Å². The molecular formula is C25H25NO3. The van der Waals surface area contributed by atoms with Gasteiger partial charge in [-0.15, -0.1) is 0 Å². The van der Waals surface area contributed by atoms with Gasteiger partial charge in [0, 0.05) is 29.3 Å². The van der Waals surface area contributed by atoms with Gasteiger partial charge in [0.1, 0.15) is 0 Å². The van der Waals surface area contributed by atoms with Crippen LogP contribution < -0.4 is 5.32 Å². The van der Waals surface area contributed by atoms with Crippen LogP contribution in [-0.4, -0.2) is 18.9 Å². The lowest BCUT2D eigenvalue weighted by molar-refractivity contribution is -0.136. The smallest absolute Gasteiger partial charge is 0.336 e. The van der Waals surface area contributed by atoms with Gasteiger partial charge in [-0.05, 0) is 37.3 Å².